The molecule has 2 aromatic rings. The molecule has 0 unspecified atom stereocenters. The second kappa shape index (κ2) is 12.2. The van der Waals surface area contributed by atoms with Gasteiger partial charge in [0.05, 0.1) is 6.10 Å². The van der Waals surface area contributed by atoms with Crippen LogP contribution in [0.15, 0.2) is 33.9 Å². The largest absolute Gasteiger partial charge is 0.378 e. The number of nitrogens with one attached hydrogen (secondary N) is 2. The van der Waals surface area contributed by atoms with Gasteiger partial charge in [0.15, 0.2) is 11.8 Å². The predicted molar refractivity (Wildman–Crippen MR) is 113 cm³/mol. The SMILES string of the molecule is CCNC(=NCCCOC1CCCCC1)NCCc1noc(-c2ccccn2)n1. The van der Waals surface area contributed by atoms with Gasteiger partial charge in [-0.25, -0.2) is 0 Å². The van der Waals surface area contributed by atoms with Gasteiger partial charge in [0.25, 0.3) is 5.89 Å². The van der Waals surface area contributed by atoms with Gasteiger partial charge in [0, 0.05) is 38.9 Å². The Morgan fingerprint density at radius 1 is 1.24 bits per heavy atom. The molecule has 0 radical (unpaired) electrons. The first-order valence-corrected chi connectivity index (χ1v) is 10.7. The summed E-state index contributed by atoms with van der Waals surface area (Å²) in [5.41, 5.74) is 0.685. The Balaban J connectivity index is 1.36. The summed E-state index contributed by atoms with van der Waals surface area (Å²) in [7, 11) is 0. The van der Waals surface area contributed by atoms with Gasteiger partial charge in [-0.15, -0.1) is 0 Å². The summed E-state index contributed by atoms with van der Waals surface area (Å²) in [6.45, 7) is 5.07. The van der Waals surface area contributed by atoms with Crippen molar-refractivity contribution >= 4 is 5.96 Å². The molecule has 1 saturated carbocycles. The minimum absolute atomic E-state index is 0.444. The van der Waals surface area contributed by atoms with E-state index in [1.165, 1.54) is 32.1 Å². The fourth-order valence-corrected chi connectivity index (χ4v) is 3.32. The van der Waals surface area contributed by atoms with Gasteiger partial charge in [-0.2, -0.15) is 4.98 Å². The summed E-state index contributed by atoms with van der Waals surface area (Å²) in [6.07, 6.45) is 10.1. The molecule has 158 valence electrons. The van der Waals surface area contributed by atoms with Crippen molar-refractivity contribution in [3.63, 3.8) is 0 Å². The molecule has 29 heavy (non-hydrogen) atoms. The van der Waals surface area contributed by atoms with E-state index in [0.29, 0.717) is 36.5 Å². The number of rotatable bonds is 10. The molecule has 0 aromatic carbocycles. The molecule has 1 aliphatic carbocycles. The molecule has 2 aromatic heterocycles. The van der Waals surface area contributed by atoms with Crippen molar-refractivity contribution in [3.05, 3.63) is 30.2 Å². The topological polar surface area (TPSA) is 97.5 Å². The fraction of sp³-hybridized carbons (Fsp3) is 0.619. The van der Waals surface area contributed by atoms with Crippen molar-refractivity contribution in [1.82, 2.24) is 25.8 Å². The van der Waals surface area contributed by atoms with Crippen molar-refractivity contribution in [3.8, 4) is 11.6 Å². The fourth-order valence-electron chi connectivity index (χ4n) is 3.32. The Labute approximate surface area is 172 Å². The Morgan fingerprint density at radius 3 is 2.93 bits per heavy atom. The highest BCUT2D eigenvalue weighted by Crippen LogP contribution is 2.20. The highest BCUT2D eigenvalue weighted by molar-refractivity contribution is 5.79. The predicted octanol–water partition coefficient (Wildman–Crippen LogP) is 2.97. The van der Waals surface area contributed by atoms with E-state index < -0.39 is 0 Å². The minimum atomic E-state index is 0.444. The number of aliphatic imine (C=N–C) groups is 1. The van der Waals surface area contributed by atoms with Gasteiger partial charge >= 0.3 is 0 Å². The lowest BCUT2D eigenvalue weighted by Gasteiger charge is -2.21. The van der Waals surface area contributed by atoms with Gasteiger partial charge in [0.1, 0.15) is 5.69 Å². The van der Waals surface area contributed by atoms with E-state index in [2.05, 4.69) is 37.7 Å². The smallest absolute Gasteiger partial charge is 0.276 e. The van der Waals surface area contributed by atoms with Gasteiger partial charge in [-0.1, -0.05) is 30.5 Å². The van der Waals surface area contributed by atoms with Crippen molar-refractivity contribution in [2.75, 3.05) is 26.2 Å². The van der Waals surface area contributed by atoms with Crippen molar-refractivity contribution in [2.45, 2.75) is 58.0 Å². The number of nitrogens with zero attached hydrogens (tertiary/aromatic N) is 4. The molecule has 2 heterocycles. The monoisotopic (exact) mass is 400 g/mol. The van der Waals surface area contributed by atoms with Crippen molar-refractivity contribution in [1.29, 1.82) is 0 Å². The van der Waals surface area contributed by atoms with Crippen LogP contribution in [0.1, 0.15) is 51.3 Å². The first kappa shape index (κ1) is 21.2. The maximum absolute atomic E-state index is 5.96. The molecule has 0 amide bonds. The van der Waals surface area contributed by atoms with Crippen LogP contribution in [0.5, 0.6) is 0 Å². The maximum Gasteiger partial charge on any atom is 0.276 e. The molecular formula is C21H32N6O2. The van der Waals surface area contributed by atoms with Crippen LogP contribution >= 0.6 is 0 Å². The van der Waals surface area contributed by atoms with Crippen molar-refractivity contribution < 1.29 is 9.26 Å². The normalized spacial score (nSPS) is 15.4. The highest BCUT2D eigenvalue weighted by atomic mass is 16.5. The average Bonchev–Trinajstić information content (AvgIpc) is 3.24. The number of hydrogen-bond donors (Lipinski definition) is 2. The molecule has 2 N–H and O–H groups in total. The molecule has 3 rings (SSSR count). The number of hydrogen-bond acceptors (Lipinski definition) is 6. The Bertz CT molecular complexity index is 728. The molecular weight excluding hydrogens is 368 g/mol. The van der Waals surface area contributed by atoms with Gasteiger partial charge in [-0.3, -0.25) is 9.98 Å². The second-order valence-electron chi connectivity index (χ2n) is 7.15. The van der Waals surface area contributed by atoms with E-state index in [0.717, 1.165) is 32.1 Å². The van der Waals surface area contributed by atoms with E-state index in [1.54, 1.807) is 6.20 Å². The summed E-state index contributed by atoms with van der Waals surface area (Å²) in [5, 5.41) is 10.6. The number of guanidine groups is 1. The van der Waals surface area contributed by atoms with Crippen LogP contribution in [-0.2, 0) is 11.2 Å². The molecule has 0 bridgehead atoms. The third kappa shape index (κ3) is 7.45. The summed E-state index contributed by atoms with van der Waals surface area (Å²) in [5.74, 6) is 1.90. The van der Waals surface area contributed by atoms with Crippen LogP contribution in [0, 0.1) is 0 Å². The molecule has 0 spiro atoms. The molecule has 1 aliphatic rings. The molecule has 0 aliphatic heterocycles. The zero-order chi connectivity index (χ0) is 20.2. The molecule has 8 heteroatoms. The van der Waals surface area contributed by atoms with Crippen LogP contribution in [0.4, 0.5) is 0 Å². The summed E-state index contributed by atoms with van der Waals surface area (Å²) in [6, 6.07) is 5.60. The van der Waals surface area contributed by atoms with Crippen LogP contribution in [-0.4, -0.2) is 53.4 Å². The Morgan fingerprint density at radius 2 is 2.14 bits per heavy atom. The zero-order valence-corrected chi connectivity index (χ0v) is 17.3. The van der Waals surface area contributed by atoms with Crippen molar-refractivity contribution in [2.24, 2.45) is 4.99 Å². The standard InChI is InChI=1S/C21H32N6O2/c1-2-22-21(24-14-8-16-28-17-9-4-3-5-10-17)25-15-12-19-26-20(29-27-19)18-11-6-7-13-23-18/h6-7,11,13,17H,2-5,8-10,12,14-16H2,1H3,(H2,22,24,25). The second-order valence-corrected chi connectivity index (χ2v) is 7.15. The van der Waals surface area contributed by atoms with Gasteiger partial charge in [0.2, 0.25) is 0 Å². The third-order valence-electron chi connectivity index (χ3n) is 4.82. The lowest BCUT2D eigenvalue weighted by molar-refractivity contribution is 0.0281. The Hall–Kier alpha value is -2.48. The lowest BCUT2D eigenvalue weighted by Crippen LogP contribution is -2.38. The quantitative estimate of drug-likeness (QED) is 0.359. The first-order chi connectivity index (χ1) is 14.3. The first-order valence-electron chi connectivity index (χ1n) is 10.7. The molecule has 0 saturated heterocycles. The van der Waals surface area contributed by atoms with E-state index in [9.17, 15) is 0 Å². The summed E-state index contributed by atoms with van der Waals surface area (Å²) < 4.78 is 11.2. The highest BCUT2D eigenvalue weighted by Gasteiger charge is 2.13. The van der Waals surface area contributed by atoms with Gasteiger partial charge < -0.3 is 19.9 Å². The van der Waals surface area contributed by atoms with Gasteiger partial charge in [-0.05, 0) is 38.3 Å². The van der Waals surface area contributed by atoms with E-state index in [4.69, 9.17) is 9.26 Å². The summed E-state index contributed by atoms with van der Waals surface area (Å²) in [4.78, 5) is 13.2. The van der Waals surface area contributed by atoms with E-state index >= 15 is 0 Å². The average molecular weight is 401 g/mol. The molecule has 8 nitrogen and oxygen atoms in total. The number of pyridine rings is 1. The number of aromatic nitrogens is 3. The third-order valence-corrected chi connectivity index (χ3v) is 4.82. The maximum atomic E-state index is 5.96. The lowest BCUT2D eigenvalue weighted by atomic mass is 9.98. The number of ether oxygens (including phenoxy) is 1. The van der Waals surface area contributed by atoms with Crippen LogP contribution < -0.4 is 10.6 Å². The molecule has 0 atom stereocenters. The van der Waals surface area contributed by atoms with Crippen LogP contribution in [0.2, 0.25) is 0 Å². The Kier molecular flexibility index (Phi) is 8.90. The van der Waals surface area contributed by atoms with Crippen LogP contribution in [0.3, 0.4) is 0 Å². The van der Waals surface area contributed by atoms with E-state index in [-0.39, 0.29) is 0 Å². The van der Waals surface area contributed by atoms with E-state index in [1.807, 2.05) is 18.2 Å². The minimum Gasteiger partial charge on any atom is -0.378 e. The zero-order valence-electron chi connectivity index (χ0n) is 17.3. The summed E-state index contributed by atoms with van der Waals surface area (Å²) >= 11 is 0. The molecule has 1 fully saturated rings. The van der Waals surface area contributed by atoms with Crippen LogP contribution in [0.25, 0.3) is 11.6 Å².